The predicted molar refractivity (Wildman–Crippen MR) is 92.9 cm³/mol. The van der Waals surface area contributed by atoms with Crippen LogP contribution in [0.2, 0.25) is 0 Å². The van der Waals surface area contributed by atoms with Gasteiger partial charge in [-0.1, -0.05) is 38.5 Å². The number of hydrogen-bond acceptors (Lipinski definition) is 2. The van der Waals surface area contributed by atoms with E-state index in [0.717, 1.165) is 29.0 Å². The minimum atomic E-state index is -0.0760. The molecule has 1 amide bonds. The lowest BCUT2D eigenvalue weighted by atomic mass is 10.0. The SMILES string of the molecule is CCC.Cc1cccc(NC(=O)c2cccc3c2CCO3)c1.[HH]. The van der Waals surface area contributed by atoms with E-state index in [0.29, 0.717) is 12.2 Å². The lowest BCUT2D eigenvalue weighted by Gasteiger charge is -2.08. The second-order valence-electron chi connectivity index (χ2n) is 5.41. The van der Waals surface area contributed by atoms with E-state index in [1.54, 1.807) is 0 Å². The molecule has 1 aliphatic heterocycles. The van der Waals surface area contributed by atoms with Crippen molar-refractivity contribution in [3.8, 4) is 5.75 Å². The summed E-state index contributed by atoms with van der Waals surface area (Å²) in [6.45, 7) is 6.91. The number of rotatable bonds is 2. The number of ether oxygens (including phenoxy) is 1. The first-order chi connectivity index (χ1) is 10.7. The van der Waals surface area contributed by atoms with E-state index in [1.165, 1.54) is 6.42 Å². The summed E-state index contributed by atoms with van der Waals surface area (Å²) in [6, 6.07) is 13.4. The van der Waals surface area contributed by atoms with Gasteiger partial charge in [-0.05, 0) is 36.8 Å². The standard InChI is InChI=1S/C16H15NO2.C3H8.H2/c1-11-4-2-5-12(10-11)17-16(18)14-6-3-7-15-13(14)8-9-19-15;1-3-2;/h2-7,10H,8-9H2,1H3,(H,17,18);3H2,1-2H3;1H. The molecule has 0 bridgehead atoms. The number of carbonyl (C=O) groups excluding carboxylic acids is 1. The molecule has 0 atom stereocenters. The fourth-order valence-corrected chi connectivity index (χ4v) is 2.36. The highest BCUT2D eigenvalue weighted by Crippen LogP contribution is 2.28. The summed E-state index contributed by atoms with van der Waals surface area (Å²) in [5.74, 6) is 0.754. The normalized spacial score (nSPS) is 11.8. The minimum Gasteiger partial charge on any atom is -0.493 e. The zero-order valence-corrected chi connectivity index (χ0v) is 13.5. The Balaban J connectivity index is 0.000000615. The van der Waals surface area contributed by atoms with Gasteiger partial charge in [0, 0.05) is 24.7 Å². The maximum absolute atomic E-state index is 12.3. The summed E-state index contributed by atoms with van der Waals surface area (Å²) >= 11 is 0. The zero-order chi connectivity index (χ0) is 15.9. The van der Waals surface area contributed by atoms with Crippen molar-refractivity contribution in [2.75, 3.05) is 11.9 Å². The highest BCUT2D eigenvalue weighted by atomic mass is 16.5. The Kier molecular flexibility index (Phi) is 5.59. The first-order valence-electron chi connectivity index (χ1n) is 7.78. The van der Waals surface area contributed by atoms with E-state index in [9.17, 15) is 4.79 Å². The smallest absolute Gasteiger partial charge is 0.256 e. The van der Waals surface area contributed by atoms with Crippen LogP contribution >= 0.6 is 0 Å². The molecule has 2 aromatic rings. The van der Waals surface area contributed by atoms with Crippen molar-refractivity contribution >= 4 is 11.6 Å². The van der Waals surface area contributed by atoms with Gasteiger partial charge in [0.2, 0.25) is 0 Å². The summed E-state index contributed by atoms with van der Waals surface area (Å²) in [6.07, 6.45) is 2.05. The molecule has 0 aromatic heterocycles. The van der Waals surface area contributed by atoms with Crippen molar-refractivity contribution in [2.45, 2.75) is 33.6 Å². The molecule has 3 heteroatoms. The third-order valence-electron chi connectivity index (χ3n) is 3.26. The molecule has 1 aliphatic rings. The van der Waals surface area contributed by atoms with Crippen LogP contribution in [0, 0.1) is 6.92 Å². The highest BCUT2D eigenvalue weighted by molar-refractivity contribution is 6.05. The Hall–Kier alpha value is -2.29. The lowest BCUT2D eigenvalue weighted by molar-refractivity contribution is 0.102. The first-order valence-corrected chi connectivity index (χ1v) is 7.78. The summed E-state index contributed by atoms with van der Waals surface area (Å²) < 4.78 is 5.48. The van der Waals surface area contributed by atoms with Gasteiger partial charge in [-0.2, -0.15) is 0 Å². The number of fused-ring (bicyclic) bond motifs is 1. The number of nitrogens with one attached hydrogen (secondary N) is 1. The molecule has 2 aromatic carbocycles. The fraction of sp³-hybridized carbons (Fsp3) is 0.316. The molecular formula is C19H25NO2. The van der Waals surface area contributed by atoms with Gasteiger partial charge in [-0.3, -0.25) is 4.79 Å². The van der Waals surface area contributed by atoms with Gasteiger partial charge in [0.05, 0.1) is 6.61 Å². The summed E-state index contributed by atoms with van der Waals surface area (Å²) in [5.41, 5.74) is 3.66. The molecule has 0 saturated heterocycles. The first kappa shape index (κ1) is 16.1. The number of benzene rings is 2. The fourth-order valence-electron chi connectivity index (χ4n) is 2.36. The summed E-state index contributed by atoms with van der Waals surface area (Å²) in [7, 11) is 0. The second kappa shape index (κ2) is 7.64. The van der Waals surface area contributed by atoms with Crippen molar-refractivity contribution in [1.82, 2.24) is 0 Å². The number of carbonyl (C=O) groups is 1. The average molecular weight is 299 g/mol. The predicted octanol–water partition coefficient (Wildman–Crippen LogP) is 4.84. The van der Waals surface area contributed by atoms with E-state index in [1.807, 2.05) is 49.4 Å². The molecule has 0 spiro atoms. The third kappa shape index (κ3) is 3.88. The van der Waals surface area contributed by atoms with Gasteiger partial charge in [-0.25, -0.2) is 0 Å². The summed E-state index contributed by atoms with van der Waals surface area (Å²) in [4.78, 5) is 12.3. The van der Waals surface area contributed by atoms with Crippen LogP contribution in [0.3, 0.4) is 0 Å². The molecule has 3 nitrogen and oxygen atoms in total. The largest absolute Gasteiger partial charge is 0.493 e. The van der Waals surface area contributed by atoms with Crippen molar-refractivity contribution in [3.63, 3.8) is 0 Å². The van der Waals surface area contributed by atoms with Crippen LogP contribution in [-0.2, 0) is 6.42 Å². The van der Waals surface area contributed by atoms with Crippen molar-refractivity contribution < 1.29 is 11.0 Å². The topological polar surface area (TPSA) is 38.3 Å². The Morgan fingerprint density at radius 2 is 1.95 bits per heavy atom. The molecule has 118 valence electrons. The van der Waals surface area contributed by atoms with Crippen molar-refractivity contribution in [1.29, 1.82) is 0 Å². The molecular weight excluding hydrogens is 274 g/mol. The lowest BCUT2D eigenvalue weighted by Crippen LogP contribution is -2.13. The third-order valence-corrected chi connectivity index (χ3v) is 3.26. The molecule has 0 aliphatic carbocycles. The average Bonchev–Trinajstić information content (AvgIpc) is 2.96. The van der Waals surface area contributed by atoms with Crippen molar-refractivity contribution in [2.24, 2.45) is 0 Å². The number of hydrogen-bond donors (Lipinski definition) is 1. The summed E-state index contributed by atoms with van der Waals surface area (Å²) in [5, 5.41) is 2.93. The molecule has 1 heterocycles. The van der Waals surface area contributed by atoms with Crippen LogP contribution in [0.5, 0.6) is 5.75 Å². The highest BCUT2D eigenvalue weighted by Gasteiger charge is 2.19. The van der Waals surface area contributed by atoms with E-state index >= 15 is 0 Å². The Bertz CT molecular complexity index is 656. The van der Waals surface area contributed by atoms with Crippen LogP contribution < -0.4 is 10.1 Å². The number of amides is 1. The Labute approximate surface area is 133 Å². The molecule has 0 saturated carbocycles. The van der Waals surface area contributed by atoms with Gasteiger partial charge >= 0.3 is 0 Å². The van der Waals surface area contributed by atoms with Crippen molar-refractivity contribution in [3.05, 3.63) is 59.2 Å². The molecule has 0 fully saturated rings. The minimum absolute atomic E-state index is 0. The molecule has 3 rings (SSSR count). The monoisotopic (exact) mass is 299 g/mol. The van der Waals surface area contributed by atoms with Gasteiger partial charge in [0.1, 0.15) is 5.75 Å². The number of anilines is 1. The quantitative estimate of drug-likeness (QED) is 0.861. The molecule has 1 N–H and O–H groups in total. The van der Waals surface area contributed by atoms with Crippen LogP contribution in [0.1, 0.15) is 43.2 Å². The Morgan fingerprint density at radius 1 is 1.23 bits per heavy atom. The van der Waals surface area contributed by atoms with E-state index in [4.69, 9.17) is 4.74 Å². The van der Waals surface area contributed by atoms with E-state index in [2.05, 4.69) is 19.2 Å². The van der Waals surface area contributed by atoms with Crippen LogP contribution in [0.25, 0.3) is 0 Å². The van der Waals surface area contributed by atoms with Gasteiger partial charge < -0.3 is 10.1 Å². The van der Waals surface area contributed by atoms with Gasteiger partial charge in [0.15, 0.2) is 0 Å². The van der Waals surface area contributed by atoms with Crippen LogP contribution in [0.4, 0.5) is 5.69 Å². The molecule has 0 unspecified atom stereocenters. The van der Waals surface area contributed by atoms with Crippen LogP contribution in [0.15, 0.2) is 42.5 Å². The van der Waals surface area contributed by atoms with Gasteiger partial charge in [0.25, 0.3) is 5.91 Å². The van der Waals surface area contributed by atoms with E-state index < -0.39 is 0 Å². The van der Waals surface area contributed by atoms with Gasteiger partial charge in [-0.15, -0.1) is 0 Å². The molecule has 0 radical (unpaired) electrons. The maximum Gasteiger partial charge on any atom is 0.256 e. The number of aryl methyl sites for hydroxylation is 1. The maximum atomic E-state index is 12.3. The van der Waals surface area contributed by atoms with Crippen LogP contribution in [-0.4, -0.2) is 12.5 Å². The second-order valence-corrected chi connectivity index (χ2v) is 5.41. The zero-order valence-electron chi connectivity index (χ0n) is 13.5. The Morgan fingerprint density at radius 3 is 2.68 bits per heavy atom. The molecule has 22 heavy (non-hydrogen) atoms. The van der Waals surface area contributed by atoms with E-state index in [-0.39, 0.29) is 7.33 Å².